The van der Waals surface area contributed by atoms with Crippen LogP contribution in [0.1, 0.15) is 5.56 Å². The zero-order valence-electron chi connectivity index (χ0n) is 12.4. The number of rotatable bonds is 2. The monoisotopic (exact) mass is 410 g/mol. The van der Waals surface area contributed by atoms with E-state index in [4.69, 9.17) is 15.6 Å². The van der Waals surface area contributed by atoms with Gasteiger partial charge in [-0.15, -0.1) is 12.4 Å². The van der Waals surface area contributed by atoms with Crippen molar-refractivity contribution in [1.82, 2.24) is 0 Å². The van der Waals surface area contributed by atoms with Crippen molar-refractivity contribution >= 4 is 62.1 Å². The third-order valence-corrected chi connectivity index (χ3v) is 9.40. The molecule has 0 radical (unpaired) electrons. The number of hydrogen-bond acceptors (Lipinski definition) is 2. The van der Waals surface area contributed by atoms with E-state index >= 15 is 0 Å². The van der Waals surface area contributed by atoms with Crippen molar-refractivity contribution in [1.29, 1.82) is 5.41 Å². The second-order valence-electron chi connectivity index (χ2n) is 6.16. The molecule has 0 saturated carbocycles. The van der Waals surface area contributed by atoms with Gasteiger partial charge < -0.3 is 0 Å². The SMILES string of the molecule is Cl.[CH3][Sn]([CH3])([CH3])[c]1cc(C(=N)N)c2oc3ccccc3c2c1. The summed E-state index contributed by atoms with van der Waals surface area (Å²) in [6.45, 7) is 0. The van der Waals surface area contributed by atoms with E-state index in [1.54, 1.807) is 0 Å². The standard InChI is InChI=1S/C13H9N2O.3CH3.ClH.Sn/c14-13(15)10-6-3-5-9-8-4-1-2-7-11(8)16-12(9)10;;;;;/h1-2,4-7H,(H3,14,15);3*1H3;1H;. The second kappa shape index (κ2) is 5.54. The van der Waals surface area contributed by atoms with Gasteiger partial charge in [0, 0.05) is 0 Å². The molecule has 21 heavy (non-hydrogen) atoms. The molecule has 0 saturated heterocycles. The Hall–Kier alpha value is -1.20. The van der Waals surface area contributed by atoms with Crippen LogP contribution in [0.15, 0.2) is 40.8 Å². The Morgan fingerprint density at radius 1 is 1.10 bits per heavy atom. The quantitative estimate of drug-likeness (QED) is 0.384. The van der Waals surface area contributed by atoms with Crippen molar-refractivity contribution in [3.05, 3.63) is 42.0 Å². The molecule has 3 aromatic rings. The molecule has 0 spiro atoms. The van der Waals surface area contributed by atoms with Crippen molar-refractivity contribution in [3.63, 3.8) is 0 Å². The number of hydrogen-bond donors (Lipinski definition) is 2. The molecule has 0 aliphatic heterocycles. The summed E-state index contributed by atoms with van der Waals surface area (Å²) in [5, 5.41) is 10.0. The van der Waals surface area contributed by atoms with Gasteiger partial charge in [0.25, 0.3) is 0 Å². The Kier molecular flexibility index (Phi) is 4.26. The molecule has 110 valence electrons. The second-order valence-corrected chi connectivity index (χ2v) is 20.7. The molecule has 0 unspecified atom stereocenters. The summed E-state index contributed by atoms with van der Waals surface area (Å²) >= 11 is -2.24. The van der Waals surface area contributed by atoms with Gasteiger partial charge in [-0.05, 0) is 0 Å². The van der Waals surface area contributed by atoms with E-state index in [1.807, 2.05) is 18.2 Å². The third-order valence-electron chi connectivity index (χ3n) is 3.63. The van der Waals surface area contributed by atoms with E-state index in [9.17, 15) is 0 Å². The summed E-state index contributed by atoms with van der Waals surface area (Å²) in [6.07, 6.45) is 0. The number of amidine groups is 1. The number of halogens is 1. The predicted octanol–water partition coefficient (Wildman–Crippen LogP) is 3.84. The fourth-order valence-electron chi connectivity index (χ4n) is 2.46. The van der Waals surface area contributed by atoms with Gasteiger partial charge in [0.1, 0.15) is 0 Å². The average molecular weight is 410 g/mol. The van der Waals surface area contributed by atoms with E-state index < -0.39 is 18.4 Å². The Bertz CT molecular complexity index is 833. The van der Waals surface area contributed by atoms with E-state index in [0.717, 1.165) is 27.5 Å². The van der Waals surface area contributed by atoms with Crippen molar-refractivity contribution in [2.24, 2.45) is 5.73 Å². The number of furan rings is 1. The van der Waals surface area contributed by atoms with Gasteiger partial charge >= 0.3 is 122 Å². The van der Waals surface area contributed by atoms with Crippen LogP contribution in [0.4, 0.5) is 0 Å². The number of nitrogens with one attached hydrogen (secondary N) is 1. The Balaban J connectivity index is 0.00000161. The molecule has 2 aromatic carbocycles. The molecule has 0 bridgehead atoms. The third kappa shape index (κ3) is 2.77. The Morgan fingerprint density at radius 3 is 2.38 bits per heavy atom. The molecule has 3 nitrogen and oxygen atoms in total. The first-order valence-corrected chi connectivity index (χ1v) is 16.7. The first-order chi connectivity index (χ1) is 9.38. The molecular weight excluding hydrogens is 390 g/mol. The number of nitrogen functional groups attached to an aromatic ring is 1. The van der Waals surface area contributed by atoms with Gasteiger partial charge in [-0.2, -0.15) is 0 Å². The topological polar surface area (TPSA) is 63.0 Å². The fourth-order valence-corrected chi connectivity index (χ4v) is 5.76. The van der Waals surface area contributed by atoms with Gasteiger partial charge in [-0.1, -0.05) is 0 Å². The van der Waals surface area contributed by atoms with Crippen LogP contribution in [0.5, 0.6) is 0 Å². The van der Waals surface area contributed by atoms with Crippen LogP contribution >= 0.6 is 12.4 Å². The molecule has 0 atom stereocenters. The van der Waals surface area contributed by atoms with Crippen LogP contribution in [0.3, 0.4) is 0 Å². The minimum atomic E-state index is -2.24. The molecular formula is C16H19ClN2OSn. The maximum absolute atomic E-state index is 7.83. The van der Waals surface area contributed by atoms with Crippen LogP contribution in [-0.4, -0.2) is 24.2 Å². The molecule has 5 heteroatoms. The molecule has 1 aromatic heterocycles. The molecule has 3 rings (SSSR count). The summed E-state index contributed by atoms with van der Waals surface area (Å²) in [6, 6.07) is 12.3. The molecule has 3 N–H and O–H groups in total. The summed E-state index contributed by atoms with van der Waals surface area (Å²) in [5.74, 6) is 0.0754. The van der Waals surface area contributed by atoms with Gasteiger partial charge in [0.15, 0.2) is 0 Å². The van der Waals surface area contributed by atoms with E-state index in [0.29, 0.717) is 0 Å². The molecule has 1 heterocycles. The maximum atomic E-state index is 7.83. The van der Waals surface area contributed by atoms with Crippen molar-refractivity contribution in [2.75, 3.05) is 0 Å². The average Bonchev–Trinajstić information content (AvgIpc) is 2.74. The van der Waals surface area contributed by atoms with Gasteiger partial charge in [0.2, 0.25) is 0 Å². The number of para-hydroxylation sites is 1. The van der Waals surface area contributed by atoms with Crippen LogP contribution in [-0.2, 0) is 0 Å². The van der Waals surface area contributed by atoms with E-state index in [1.165, 1.54) is 3.58 Å². The molecule has 0 fully saturated rings. The van der Waals surface area contributed by atoms with Crippen LogP contribution < -0.4 is 9.31 Å². The molecule has 0 amide bonds. The van der Waals surface area contributed by atoms with E-state index in [-0.39, 0.29) is 18.2 Å². The van der Waals surface area contributed by atoms with Crippen molar-refractivity contribution in [2.45, 2.75) is 14.8 Å². The minimum absolute atomic E-state index is 0. The first kappa shape index (κ1) is 16.2. The molecule has 0 aliphatic carbocycles. The van der Waals surface area contributed by atoms with Crippen LogP contribution in [0, 0.1) is 5.41 Å². The Morgan fingerprint density at radius 2 is 1.76 bits per heavy atom. The normalized spacial score (nSPS) is 11.6. The molecule has 0 aliphatic rings. The van der Waals surface area contributed by atoms with Gasteiger partial charge in [-0.3, -0.25) is 0 Å². The van der Waals surface area contributed by atoms with Crippen LogP contribution in [0.2, 0.25) is 14.8 Å². The van der Waals surface area contributed by atoms with E-state index in [2.05, 4.69) is 33.0 Å². The number of nitrogens with two attached hydrogens (primary N) is 1. The van der Waals surface area contributed by atoms with Gasteiger partial charge in [0.05, 0.1) is 0 Å². The zero-order chi connectivity index (χ0) is 14.5. The predicted molar refractivity (Wildman–Crippen MR) is 95.0 cm³/mol. The van der Waals surface area contributed by atoms with Crippen molar-refractivity contribution in [3.8, 4) is 0 Å². The van der Waals surface area contributed by atoms with Crippen LogP contribution in [0.25, 0.3) is 21.9 Å². The van der Waals surface area contributed by atoms with Crippen molar-refractivity contribution < 1.29 is 4.42 Å². The van der Waals surface area contributed by atoms with Gasteiger partial charge in [-0.25, -0.2) is 0 Å². The first-order valence-electron chi connectivity index (χ1n) is 6.68. The fraction of sp³-hybridized carbons (Fsp3) is 0.188. The Labute approximate surface area is 134 Å². The number of fused-ring (bicyclic) bond motifs is 3. The zero-order valence-corrected chi connectivity index (χ0v) is 16.0. The number of benzene rings is 2. The summed E-state index contributed by atoms with van der Waals surface area (Å²) < 4.78 is 7.28. The summed E-state index contributed by atoms with van der Waals surface area (Å²) in [7, 11) is 0. The summed E-state index contributed by atoms with van der Waals surface area (Å²) in [4.78, 5) is 7.09. The summed E-state index contributed by atoms with van der Waals surface area (Å²) in [5.41, 5.74) is 8.07.